The molecule has 1 aliphatic heterocycles. The minimum atomic E-state index is -0.930. The van der Waals surface area contributed by atoms with Crippen molar-refractivity contribution in [3.05, 3.63) is 0 Å². The molecule has 1 heterocycles. The van der Waals surface area contributed by atoms with Crippen LogP contribution in [0, 0.1) is 5.92 Å². The predicted molar refractivity (Wildman–Crippen MR) is 68.3 cm³/mol. The van der Waals surface area contributed by atoms with Crippen molar-refractivity contribution in [3.8, 4) is 0 Å². The molecule has 0 spiro atoms. The van der Waals surface area contributed by atoms with E-state index >= 15 is 0 Å². The summed E-state index contributed by atoms with van der Waals surface area (Å²) in [6.45, 7) is 1.89. The van der Waals surface area contributed by atoms with Gasteiger partial charge in [0.25, 0.3) is 0 Å². The van der Waals surface area contributed by atoms with Crippen LogP contribution in [0.15, 0.2) is 0 Å². The van der Waals surface area contributed by atoms with Crippen LogP contribution in [-0.2, 0) is 14.4 Å². The fourth-order valence-corrected chi connectivity index (χ4v) is 3.49. The molecule has 0 aromatic rings. The SMILES string of the molecule is CC1CC(=O)N(C2(CC(=O)O)CCCCC2)C(=O)C1. The summed E-state index contributed by atoms with van der Waals surface area (Å²) in [6, 6.07) is 0. The van der Waals surface area contributed by atoms with E-state index < -0.39 is 11.5 Å². The lowest BCUT2D eigenvalue weighted by Crippen LogP contribution is -2.59. The number of hydrogen-bond acceptors (Lipinski definition) is 3. The summed E-state index contributed by atoms with van der Waals surface area (Å²) in [5.41, 5.74) is -0.765. The lowest BCUT2D eigenvalue weighted by Gasteiger charge is -2.46. The van der Waals surface area contributed by atoms with Gasteiger partial charge in [0.2, 0.25) is 11.8 Å². The first kappa shape index (κ1) is 14.0. The molecule has 0 aromatic carbocycles. The highest BCUT2D eigenvalue weighted by atomic mass is 16.4. The van der Waals surface area contributed by atoms with E-state index in [-0.39, 0.29) is 24.2 Å². The van der Waals surface area contributed by atoms with E-state index in [4.69, 9.17) is 5.11 Å². The van der Waals surface area contributed by atoms with Crippen molar-refractivity contribution >= 4 is 17.8 Å². The Kier molecular flexibility index (Phi) is 3.92. The van der Waals surface area contributed by atoms with Crippen molar-refractivity contribution in [1.29, 1.82) is 0 Å². The van der Waals surface area contributed by atoms with Gasteiger partial charge in [-0.2, -0.15) is 0 Å². The van der Waals surface area contributed by atoms with Gasteiger partial charge in [0.15, 0.2) is 0 Å². The first-order valence-electron chi connectivity index (χ1n) is 7.02. The third-order valence-corrected chi connectivity index (χ3v) is 4.28. The quantitative estimate of drug-likeness (QED) is 0.793. The molecule has 5 nitrogen and oxygen atoms in total. The highest BCUT2D eigenvalue weighted by molar-refractivity contribution is 5.99. The van der Waals surface area contributed by atoms with E-state index in [2.05, 4.69) is 0 Å². The third kappa shape index (κ3) is 2.80. The number of piperidine rings is 1. The number of nitrogens with zero attached hydrogens (tertiary/aromatic N) is 1. The van der Waals surface area contributed by atoms with Crippen LogP contribution < -0.4 is 0 Å². The van der Waals surface area contributed by atoms with Gasteiger partial charge in [-0.25, -0.2) is 0 Å². The number of likely N-dealkylation sites (tertiary alicyclic amines) is 1. The number of hydrogen-bond donors (Lipinski definition) is 1. The number of carboxylic acids is 1. The van der Waals surface area contributed by atoms with Gasteiger partial charge in [-0.05, 0) is 18.8 Å². The summed E-state index contributed by atoms with van der Waals surface area (Å²) in [5.74, 6) is -1.23. The molecule has 0 aromatic heterocycles. The molecule has 1 aliphatic carbocycles. The minimum absolute atomic E-state index is 0.0710. The van der Waals surface area contributed by atoms with Gasteiger partial charge in [0, 0.05) is 12.8 Å². The molecule has 2 fully saturated rings. The third-order valence-electron chi connectivity index (χ3n) is 4.28. The Bertz CT molecular complexity index is 380. The first-order chi connectivity index (χ1) is 8.94. The number of carboxylic acid groups (broad SMARTS) is 1. The van der Waals surface area contributed by atoms with Crippen LogP contribution >= 0.6 is 0 Å². The van der Waals surface area contributed by atoms with Crippen LogP contribution in [0.2, 0.25) is 0 Å². The van der Waals surface area contributed by atoms with Crippen LogP contribution in [0.1, 0.15) is 58.3 Å². The Morgan fingerprint density at radius 2 is 1.74 bits per heavy atom. The molecule has 1 N–H and O–H groups in total. The van der Waals surface area contributed by atoms with Crippen LogP contribution in [0.25, 0.3) is 0 Å². The number of imide groups is 1. The summed E-state index contributed by atoms with van der Waals surface area (Å²) in [7, 11) is 0. The summed E-state index contributed by atoms with van der Waals surface area (Å²) in [6.07, 6.45) is 4.68. The zero-order valence-corrected chi connectivity index (χ0v) is 11.4. The molecule has 0 bridgehead atoms. The number of amides is 2. The van der Waals surface area contributed by atoms with E-state index in [1.807, 2.05) is 6.92 Å². The van der Waals surface area contributed by atoms with Gasteiger partial charge in [-0.3, -0.25) is 19.3 Å². The molecule has 0 atom stereocenters. The Morgan fingerprint density at radius 3 is 2.21 bits per heavy atom. The topological polar surface area (TPSA) is 74.7 Å². The molecule has 5 heteroatoms. The van der Waals surface area contributed by atoms with Gasteiger partial charge in [-0.1, -0.05) is 26.2 Å². The molecular weight excluding hydrogens is 246 g/mol. The number of carbonyl (C=O) groups is 3. The molecule has 106 valence electrons. The summed E-state index contributed by atoms with van der Waals surface area (Å²) >= 11 is 0. The zero-order chi connectivity index (χ0) is 14.0. The Hall–Kier alpha value is -1.39. The van der Waals surface area contributed by atoms with E-state index in [1.54, 1.807) is 0 Å². The molecular formula is C14H21NO4. The van der Waals surface area contributed by atoms with Crippen LogP contribution in [0.3, 0.4) is 0 Å². The smallest absolute Gasteiger partial charge is 0.305 e. The summed E-state index contributed by atoms with van der Waals surface area (Å²) < 4.78 is 0. The fraction of sp³-hybridized carbons (Fsp3) is 0.786. The monoisotopic (exact) mass is 267 g/mol. The maximum Gasteiger partial charge on any atom is 0.305 e. The fourth-order valence-electron chi connectivity index (χ4n) is 3.49. The second kappa shape index (κ2) is 5.31. The van der Waals surface area contributed by atoms with E-state index in [9.17, 15) is 14.4 Å². The molecule has 19 heavy (non-hydrogen) atoms. The van der Waals surface area contributed by atoms with Crippen molar-refractivity contribution < 1.29 is 19.5 Å². The van der Waals surface area contributed by atoms with Crippen molar-refractivity contribution in [2.75, 3.05) is 0 Å². The number of carbonyl (C=O) groups excluding carboxylic acids is 2. The number of rotatable bonds is 3. The highest BCUT2D eigenvalue weighted by Crippen LogP contribution is 2.39. The van der Waals surface area contributed by atoms with Crippen LogP contribution in [0.4, 0.5) is 0 Å². The van der Waals surface area contributed by atoms with Crippen LogP contribution in [0.5, 0.6) is 0 Å². The Balaban J connectivity index is 2.28. The largest absolute Gasteiger partial charge is 0.481 e. The standard InChI is InChI=1S/C14H21NO4/c1-10-7-11(16)15(12(17)8-10)14(9-13(18)19)5-3-2-4-6-14/h10H,2-9H2,1H3,(H,18,19). The molecule has 2 rings (SSSR count). The van der Waals surface area contributed by atoms with Gasteiger partial charge >= 0.3 is 5.97 Å². The average Bonchev–Trinajstić information content (AvgIpc) is 2.27. The Morgan fingerprint density at radius 1 is 1.21 bits per heavy atom. The highest BCUT2D eigenvalue weighted by Gasteiger charge is 2.47. The maximum absolute atomic E-state index is 12.2. The van der Waals surface area contributed by atoms with E-state index in [0.29, 0.717) is 25.7 Å². The predicted octanol–water partition coefficient (Wildman–Crippen LogP) is 1.95. The molecule has 0 unspecified atom stereocenters. The van der Waals surface area contributed by atoms with Crippen molar-refractivity contribution in [2.45, 2.75) is 63.8 Å². The second-order valence-electron chi connectivity index (χ2n) is 5.99. The lowest BCUT2D eigenvalue weighted by atomic mass is 9.76. The van der Waals surface area contributed by atoms with E-state index in [1.165, 1.54) is 4.90 Å². The normalized spacial score (nSPS) is 24.6. The van der Waals surface area contributed by atoms with Crippen LogP contribution in [-0.4, -0.2) is 33.3 Å². The molecule has 2 aliphatic rings. The first-order valence-corrected chi connectivity index (χ1v) is 7.02. The maximum atomic E-state index is 12.2. The molecule has 0 radical (unpaired) electrons. The second-order valence-corrected chi connectivity index (χ2v) is 5.99. The van der Waals surface area contributed by atoms with E-state index in [0.717, 1.165) is 19.3 Å². The Labute approximate surface area is 113 Å². The van der Waals surface area contributed by atoms with Crippen molar-refractivity contribution in [1.82, 2.24) is 4.90 Å². The average molecular weight is 267 g/mol. The van der Waals surface area contributed by atoms with Gasteiger partial charge in [0.1, 0.15) is 0 Å². The summed E-state index contributed by atoms with van der Waals surface area (Å²) in [4.78, 5) is 36.9. The zero-order valence-electron chi connectivity index (χ0n) is 11.4. The van der Waals surface area contributed by atoms with Gasteiger partial charge < -0.3 is 5.11 Å². The lowest BCUT2D eigenvalue weighted by molar-refractivity contribution is -0.162. The summed E-state index contributed by atoms with van der Waals surface area (Å²) in [5, 5.41) is 9.14. The molecule has 2 amide bonds. The van der Waals surface area contributed by atoms with Crippen molar-refractivity contribution in [2.24, 2.45) is 5.92 Å². The molecule has 1 saturated heterocycles. The minimum Gasteiger partial charge on any atom is -0.481 e. The van der Waals surface area contributed by atoms with Gasteiger partial charge in [-0.15, -0.1) is 0 Å². The molecule has 1 saturated carbocycles. The number of aliphatic carboxylic acids is 1. The van der Waals surface area contributed by atoms with Gasteiger partial charge in [0.05, 0.1) is 12.0 Å². The van der Waals surface area contributed by atoms with Crippen molar-refractivity contribution in [3.63, 3.8) is 0 Å².